The summed E-state index contributed by atoms with van der Waals surface area (Å²) in [6.45, 7) is 2.99. The lowest BCUT2D eigenvalue weighted by atomic mass is 10.6. The summed E-state index contributed by atoms with van der Waals surface area (Å²) in [6, 6.07) is 0. The van der Waals surface area contributed by atoms with E-state index in [2.05, 4.69) is 5.10 Å². The van der Waals surface area contributed by atoms with Gasteiger partial charge in [0.1, 0.15) is 0 Å². The zero-order valence-corrected chi connectivity index (χ0v) is 9.50. The third-order valence-corrected chi connectivity index (χ3v) is 2.55. The first-order valence-electron chi connectivity index (χ1n) is 4.73. The third-order valence-electron chi connectivity index (χ3n) is 1.64. The van der Waals surface area contributed by atoms with Crippen LogP contribution in [-0.2, 0) is 16.1 Å². The highest BCUT2D eigenvalue weighted by Crippen LogP contribution is 2.04. The molecule has 0 bridgehead atoms. The van der Waals surface area contributed by atoms with Crippen LogP contribution in [0.1, 0.15) is 6.92 Å². The monoisotopic (exact) mass is 229 g/mol. The van der Waals surface area contributed by atoms with E-state index in [1.807, 2.05) is 0 Å². The van der Waals surface area contributed by atoms with Crippen LogP contribution in [0.3, 0.4) is 0 Å². The van der Waals surface area contributed by atoms with Gasteiger partial charge < -0.3 is 10.5 Å². The fraction of sp³-hybridized carbons (Fsp3) is 0.556. The van der Waals surface area contributed by atoms with E-state index in [1.54, 1.807) is 24.0 Å². The van der Waals surface area contributed by atoms with Crippen LogP contribution in [0.5, 0.6) is 0 Å². The lowest BCUT2D eigenvalue weighted by Crippen LogP contribution is -2.08. The standard InChI is InChI=1S/C9H15N3O2S/c1-2-14-9(13)7-15-4-3-12-6-8(10)5-11-12/h5-6H,2-4,7,10H2,1H3. The van der Waals surface area contributed by atoms with Crippen LogP contribution in [0, 0.1) is 0 Å². The smallest absolute Gasteiger partial charge is 0.315 e. The SMILES string of the molecule is CCOC(=O)CSCCn1cc(N)cn1. The normalized spacial score (nSPS) is 10.2. The summed E-state index contributed by atoms with van der Waals surface area (Å²) in [4.78, 5) is 11.0. The van der Waals surface area contributed by atoms with E-state index in [9.17, 15) is 4.79 Å². The molecule has 84 valence electrons. The predicted octanol–water partition coefficient (Wildman–Crippen LogP) is 0.762. The zero-order valence-electron chi connectivity index (χ0n) is 8.68. The second-order valence-corrected chi connectivity index (χ2v) is 4.00. The Hall–Kier alpha value is -1.17. The molecule has 0 unspecified atom stereocenters. The summed E-state index contributed by atoms with van der Waals surface area (Å²) < 4.78 is 6.55. The maximum Gasteiger partial charge on any atom is 0.315 e. The molecule has 2 N–H and O–H groups in total. The van der Waals surface area contributed by atoms with Gasteiger partial charge in [-0.2, -0.15) is 5.10 Å². The highest BCUT2D eigenvalue weighted by molar-refractivity contribution is 7.99. The van der Waals surface area contributed by atoms with Gasteiger partial charge >= 0.3 is 5.97 Å². The Morgan fingerprint density at radius 2 is 2.53 bits per heavy atom. The number of hydrogen-bond donors (Lipinski definition) is 1. The molecule has 1 heterocycles. The van der Waals surface area contributed by atoms with Gasteiger partial charge in [-0.3, -0.25) is 9.48 Å². The molecular weight excluding hydrogens is 214 g/mol. The zero-order chi connectivity index (χ0) is 11.1. The molecule has 0 aromatic carbocycles. The molecule has 0 fully saturated rings. The number of anilines is 1. The van der Waals surface area contributed by atoms with Crippen molar-refractivity contribution in [3.05, 3.63) is 12.4 Å². The van der Waals surface area contributed by atoms with E-state index in [0.717, 1.165) is 12.3 Å². The van der Waals surface area contributed by atoms with Crippen molar-refractivity contribution in [1.29, 1.82) is 0 Å². The summed E-state index contributed by atoms with van der Waals surface area (Å²) in [5.41, 5.74) is 6.16. The average molecular weight is 229 g/mol. The number of nitrogen functional groups attached to an aromatic ring is 1. The number of hydrogen-bond acceptors (Lipinski definition) is 5. The van der Waals surface area contributed by atoms with Crippen LogP contribution in [-0.4, -0.2) is 33.9 Å². The van der Waals surface area contributed by atoms with Crippen LogP contribution < -0.4 is 5.73 Å². The first-order valence-corrected chi connectivity index (χ1v) is 5.89. The van der Waals surface area contributed by atoms with Gasteiger partial charge in [0.2, 0.25) is 0 Å². The number of nitrogens with zero attached hydrogens (tertiary/aromatic N) is 2. The molecule has 0 aliphatic heterocycles. The van der Waals surface area contributed by atoms with Gasteiger partial charge in [0.15, 0.2) is 0 Å². The Bertz CT molecular complexity index is 314. The van der Waals surface area contributed by atoms with Crippen LogP contribution in [0.15, 0.2) is 12.4 Å². The maximum atomic E-state index is 11.0. The molecule has 0 saturated heterocycles. The minimum Gasteiger partial charge on any atom is -0.465 e. The van der Waals surface area contributed by atoms with E-state index in [-0.39, 0.29) is 5.97 Å². The number of ether oxygens (including phenoxy) is 1. The molecule has 1 aromatic rings. The Morgan fingerprint density at radius 3 is 3.13 bits per heavy atom. The quantitative estimate of drug-likeness (QED) is 0.576. The lowest BCUT2D eigenvalue weighted by molar-refractivity contribution is -0.139. The third kappa shape index (κ3) is 4.73. The minimum absolute atomic E-state index is 0.164. The van der Waals surface area contributed by atoms with Crippen molar-refractivity contribution in [2.24, 2.45) is 0 Å². The molecule has 0 amide bonds. The van der Waals surface area contributed by atoms with Crippen LogP contribution >= 0.6 is 11.8 Å². The molecular formula is C9H15N3O2S. The summed E-state index contributed by atoms with van der Waals surface area (Å²) >= 11 is 1.53. The second kappa shape index (κ2) is 6.34. The number of carbonyl (C=O) groups excluding carboxylic acids is 1. The van der Waals surface area contributed by atoms with E-state index in [0.29, 0.717) is 18.0 Å². The van der Waals surface area contributed by atoms with Crippen LogP contribution in [0.25, 0.3) is 0 Å². The van der Waals surface area contributed by atoms with E-state index < -0.39 is 0 Å². The van der Waals surface area contributed by atoms with Crippen LogP contribution in [0.4, 0.5) is 5.69 Å². The molecule has 1 aromatic heterocycles. The molecule has 5 nitrogen and oxygen atoms in total. The van der Waals surface area contributed by atoms with Gasteiger partial charge in [0.25, 0.3) is 0 Å². The Kier molecular flexibility index (Phi) is 5.03. The molecule has 1 rings (SSSR count). The van der Waals surface area contributed by atoms with Crippen LogP contribution in [0.2, 0.25) is 0 Å². The Morgan fingerprint density at radius 1 is 1.73 bits per heavy atom. The van der Waals surface area contributed by atoms with Gasteiger partial charge in [-0.1, -0.05) is 0 Å². The maximum absolute atomic E-state index is 11.0. The highest BCUT2D eigenvalue weighted by atomic mass is 32.2. The Labute approximate surface area is 93.0 Å². The largest absolute Gasteiger partial charge is 0.465 e. The highest BCUT2D eigenvalue weighted by Gasteiger charge is 2.01. The molecule has 0 atom stereocenters. The van der Waals surface area contributed by atoms with Crippen molar-refractivity contribution in [3.63, 3.8) is 0 Å². The molecule has 0 aliphatic rings. The molecule has 15 heavy (non-hydrogen) atoms. The lowest BCUT2D eigenvalue weighted by Gasteiger charge is -2.02. The number of esters is 1. The summed E-state index contributed by atoms with van der Waals surface area (Å²) in [5, 5.41) is 4.03. The predicted molar refractivity (Wildman–Crippen MR) is 60.6 cm³/mol. The first-order chi connectivity index (χ1) is 7.22. The van der Waals surface area contributed by atoms with Gasteiger partial charge in [-0.15, -0.1) is 11.8 Å². The van der Waals surface area contributed by atoms with E-state index in [4.69, 9.17) is 10.5 Å². The summed E-state index contributed by atoms with van der Waals surface area (Å²) in [6.07, 6.45) is 3.38. The number of nitrogens with two attached hydrogens (primary N) is 1. The number of rotatable bonds is 6. The van der Waals surface area contributed by atoms with Crippen molar-refractivity contribution >= 4 is 23.4 Å². The number of aryl methyl sites for hydroxylation is 1. The van der Waals surface area contributed by atoms with Crippen molar-refractivity contribution in [3.8, 4) is 0 Å². The number of carbonyl (C=O) groups is 1. The van der Waals surface area contributed by atoms with E-state index >= 15 is 0 Å². The van der Waals surface area contributed by atoms with Crippen molar-refractivity contribution in [1.82, 2.24) is 9.78 Å². The fourth-order valence-electron chi connectivity index (χ4n) is 1.02. The molecule has 0 saturated carbocycles. The molecule has 0 radical (unpaired) electrons. The fourth-order valence-corrected chi connectivity index (χ4v) is 1.73. The second-order valence-electron chi connectivity index (χ2n) is 2.89. The van der Waals surface area contributed by atoms with Gasteiger partial charge in [0.05, 0.1) is 30.8 Å². The topological polar surface area (TPSA) is 70.1 Å². The van der Waals surface area contributed by atoms with Crippen molar-refractivity contribution < 1.29 is 9.53 Å². The van der Waals surface area contributed by atoms with Gasteiger partial charge in [0, 0.05) is 11.9 Å². The molecule has 0 aliphatic carbocycles. The summed E-state index contributed by atoms with van der Waals surface area (Å²) in [5.74, 6) is 1.05. The van der Waals surface area contributed by atoms with E-state index in [1.165, 1.54) is 11.8 Å². The minimum atomic E-state index is -0.164. The summed E-state index contributed by atoms with van der Waals surface area (Å²) in [7, 11) is 0. The van der Waals surface area contributed by atoms with Gasteiger partial charge in [-0.05, 0) is 6.92 Å². The number of aromatic nitrogens is 2. The molecule has 0 spiro atoms. The van der Waals surface area contributed by atoms with Gasteiger partial charge in [-0.25, -0.2) is 0 Å². The van der Waals surface area contributed by atoms with Crippen molar-refractivity contribution in [2.45, 2.75) is 13.5 Å². The number of thioether (sulfide) groups is 1. The first kappa shape index (κ1) is 11.9. The average Bonchev–Trinajstić information content (AvgIpc) is 2.60. The Balaban J connectivity index is 2.09. The molecule has 6 heteroatoms. The van der Waals surface area contributed by atoms with Crippen molar-refractivity contribution in [2.75, 3.05) is 23.8 Å².